The van der Waals surface area contributed by atoms with E-state index >= 15 is 0 Å². The first-order chi connectivity index (χ1) is 7.60. The molecule has 1 atom stereocenters. The van der Waals surface area contributed by atoms with Gasteiger partial charge in [0.1, 0.15) is 5.82 Å². The summed E-state index contributed by atoms with van der Waals surface area (Å²) in [5.74, 6) is 0.691. The molecule has 1 aromatic heterocycles. The number of anilines is 2. The highest BCUT2D eigenvalue weighted by atomic mass is 16.3. The quantitative estimate of drug-likeness (QED) is 0.537. The van der Waals surface area contributed by atoms with Crippen LogP contribution < -0.4 is 11.1 Å². The third kappa shape index (κ3) is 2.86. The van der Waals surface area contributed by atoms with Gasteiger partial charge in [-0.05, 0) is 6.42 Å². The van der Waals surface area contributed by atoms with Crippen LogP contribution in [0, 0.1) is 0 Å². The summed E-state index contributed by atoms with van der Waals surface area (Å²) in [5, 5.41) is 25.2. The number of nitrogens with two attached hydrogens (primary N) is 1. The van der Waals surface area contributed by atoms with E-state index in [-0.39, 0.29) is 13.2 Å². The van der Waals surface area contributed by atoms with Crippen molar-refractivity contribution < 1.29 is 10.2 Å². The summed E-state index contributed by atoms with van der Waals surface area (Å²) in [6, 6.07) is 0. The van der Waals surface area contributed by atoms with Crippen molar-refractivity contribution in [2.24, 2.45) is 7.05 Å². The standard InChI is InChI=1S/C10H20N4O2/c1-3-4-8-9(11)10(14(2)13-8)12-5-7(16)6-15/h7,12,15-16H,3-6,11H2,1-2H3. The second-order valence-corrected chi connectivity index (χ2v) is 3.80. The van der Waals surface area contributed by atoms with Gasteiger partial charge < -0.3 is 21.3 Å². The Balaban J connectivity index is 2.72. The molecule has 6 nitrogen and oxygen atoms in total. The Morgan fingerprint density at radius 2 is 2.25 bits per heavy atom. The molecular weight excluding hydrogens is 208 g/mol. The minimum Gasteiger partial charge on any atom is -0.394 e. The van der Waals surface area contributed by atoms with E-state index in [0.717, 1.165) is 18.5 Å². The lowest BCUT2D eigenvalue weighted by Gasteiger charge is -2.10. The van der Waals surface area contributed by atoms with Crippen molar-refractivity contribution in [3.8, 4) is 0 Å². The summed E-state index contributed by atoms with van der Waals surface area (Å²) in [4.78, 5) is 0. The van der Waals surface area contributed by atoms with E-state index < -0.39 is 6.10 Å². The number of aryl methyl sites for hydroxylation is 2. The van der Waals surface area contributed by atoms with Crippen LogP contribution in [0.2, 0.25) is 0 Å². The molecule has 0 saturated carbocycles. The Hall–Kier alpha value is -1.27. The largest absolute Gasteiger partial charge is 0.394 e. The zero-order valence-corrected chi connectivity index (χ0v) is 9.77. The SMILES string of the molecule is CCCc1nn(C)c(NCC(O)CO)c1N. The van der Waals surface area contributed by atoms with Crippen LogP contribution in [-0.4, -0.2) is 39.2 Å². The fraction of sp³-hybridized carbons (Fsp3) is 0.700. The fourth-order valence-corrected chi connectivity index (χ4v) is 1.51. The average molecular weight is 228 g/mol. The molecule has 1 aromatic rings. The van der Waals surface area contributed by atoms with Crippen molar-refractivity contribution in [3.05, 3.63) is 5.69 Å². The lowest BCUT2D eigenvalue weighted by atomic mass is 10.2. The second-order valence-electron chi connectivity index (χ2n) is 3.80. The highest BCUT2D eigenvalue weighted by molar-refractivity contribution is 5.65. The predicted octanol–water partition coefficient (Wildman–Crippen LogP) is -0.280. The molecule has 0 aliphatic rings. The number of nitrogens with zero attached hydrogens (tertiary/aromatic N) is 2. The zero-order chi connectivity index (χ0) is 12.1. The van der Waals surface area contributed by atoms with Crippen LogP contribution in [0.15, 0.2) is 0 Å². The Morgan fingerprint density at radius 3 is 2.81 bits per heavy atom. The van der Waals surface area contributed by atoms with Crippen molar-refractivity contribution >= 4 is 11.5 Å². The molecule has 0 aliphatic carbocycles. The molecular formula is C10H20N4O2. The van der Waals surface area contributed by atoms with Crippen molar-refractivity contribution in [2.75, 3.05) is 24.2 Å². The van der Waals surface area contributed by atoms with Crippen molar-refractivity contribution in [3.63, 3.8) is 0 Å². The van der Waals surface area contributed by atoms with E-state index in [9.17, 15) is 5.11 Å². The Kier molecular flexibility index (Phi) is 4.57. The van der Waals surface area contributed by atoms with Crippen LogP contribution in [0.1, 0.15) is 19.0 Å². The van der Waals surface area contributed by atoms with Gasteiger partial charge in [-0.2, -0.15) is 5.10 Å². The van der Waals surface area contributed by atoms with Gasteiger partial charge in [0.25, 0.3) is 0 Å². The molecule has 1 rings (SSSR count). The van der Waals surface area contributed by atoms with E-state index in [4.69, 9.17) is 10.8 Å². The highest BCUT2D eigenvalue weighted by Crippen LogP contribution is 2.22. The Bertz CT molecular complexity index is 338. The lowest BCUT2D eigenvalue weighted by molar-refractivity contribution is 0.105. The monoisotopic (exact) mass is 228 g/mol. The summed E-state index contributed by atoms with van der Waals surface area (Å²) in [7, 11) is 1.79. The fourth-order valence-electron chi connectivity index (χ4n) is 1.51. The molecule has 0 radical (unpaired) electrons. The molecule has 0 saturated heterocycles. The van der Waals surface area contributed by atoms with Gasteiger partial charge >= 0.3 is 0 Å². The molecule has 6 heteroatoms. The van der Waals surface area contributed by atoms with Crippen LogP contribution in [0.25, 0.3) is 0 Å². The third-order valence-electron chi connectivity index (χ3n) is 2.36. The van der Waals surface area contributed by atoms with Crippen LogP contribution in [0.3, 0.4) is 0 Å². The van der Waals surface area contributed by atoms with Gasteiger partial charge in [0.2, 0.25) is 0 Å². The number of hydrogen-bond donors (Lipinski definition) is 4. The smallest absolute Gasteiger partial charge is 0.147 e. The Labute approximate surface area is 95.1 Å². The number of hydrogen-bond acceptors (Lipinski definition) is 5. The average Bonchev–Trinajstić information content (AvgIpc) is 2.52. The van der Waals surface area contributed by atoms with Crippen LogP contribution in [0.4, 0.5) is 11.5 Å². The zero-order valence-electron chi connectivity index (χ0n) is 9.77. The molecule has 92 valence electrons. The van der Waals surface area contributed by atoms with Gasteiger partial charge in [-0.1, -0.05) is 13.3 Å². The minimum atomic E-state index is -0.788. The number of aromatic nitrogens is 2. The molecule has 1 heterocycles. The third-order valence-corrected chi connectivity index (χ3v) is 2.36. The molecule has 0 bridgehead atoms. The highest BCUT2D eigenvalue weighted by Gasteiger charge is 2.13. The van der Waals surface area contributed by atoms with E-state index in [1.54, 1.807) is 11.7 Å². The molecule has 1 unspecified atom stereocenters. The number of nitrogen functional groups attached to an aromatic ring is 1. The second kappa shape index (κ2) is 5.72. The summed E-state index contributed by atoms with van der Waals surface area (Å²) in [6.45, 7) is 2.05. The van der Waals surface area contributed by atoms with Gasteiger partial charge in [0.05, 0.1) is 24.1 Å². The maximum atomic E-state index is 9.23. The van der Waals surface area contributed by atoms with Crippen LogP contribution >= 0.6 is 0 Å². The first kappa shape index (κ1) is 12.8. The number of rotatable bonds is 6. The lowest BCUT2D eigenvalue weighted by Crippen LogP contribution is -2.24. The van der Waals surface area contributed by atoms with E-state index in [2.05, 4.69) is 17.3 Å². The van der Waals surface area contributed by atoms with Crippen LogP contribution in [-0.2, 0) is 13.5 Å². The van der Waals surface area contributed by atoms with Crippen molar-refractivity contribution in [2.45, 2.75) is 25.9 Å². The number of aliphatic hydroxyl groups excluding tert-OH is 2. The van der Waals surface area contributed by atoms with E-state index in [1.807, 2.05) is 0 Å². The first-order valence-corrected chi connectivity index (χ1v) is 5.44. The van der Waals surface area contributed by atoms with Gasteiger partial charge in [-0.15, -0.1) is 0 Å². The van der Waals surface area contributed by atoms with Crippen molar-refractivity contribution in [1.82, 2.24) is 9.78 Å². The van der Waals surface area contributed by atoms with E-state index in [1.165, 1.54) is 0 Å². The molecule has 0 fully saturated rings. The summed E-state index contributed by atoms with van der Waals surface area (Å²) in [5.41, 5.74) is 7.41. The maximum Gasteiger partial charge on any atom is 0.147 e. The normalized spacial score (nSPS) is 12.8. The number of nitrogens with one attached hydrogen (secondary N) is 1. The van der Waals surface area contributed by atoms with Gasteiger partial charge in [-0.25, -0.2) is 0 Å². The maximum absolute atomic E-state index is 9.23. The van der Waals surface area contributed by atoms with E-state index in [0.29, 0.717) is 11.5 Å². The molecule has 16 heavy (non-hydrogen) atoms. The molecule has 0 amide bonds. The molecule has 0 spiro atoms. The minimum absolute atomic E-state index is 0.256. The summed E-state index contributed by atoms with van der Waals surface area (Å²) >= 11 is 0. The predicted molar refractivity (Wildman–Crippen MR) is 63.2 cm³/mol. The first-order valence-electron chi connectivity index (χ1n) is 5.44. The number of aliphatic hydroxyl groups is 2. The van der Waals surface area contributed by atoms with Gasteiger partial charge in [0, 0.05) is 13.6 Å². The summed E-state index contributed by atoms with van der Waals surface area (Å²) < 4.78 is 1.66. The molecule has 0 aliphatic heterocycles. The van der Waals surface area contributed by atoms with Gasteiger partial charge in [-0.3, -0.25) is 4.68 Å². The van der Waals surface area contributed by atoms with Crippen LogP contribution in [0.5, 0.6) is 0 Å². The Morgan fingerprint density at radius 1 is 1.56 bits per heavy atom. The molecule has 5 N–H and O–H groups in total. The summed E-state index contributed by atoms with van der Waals surface area (Å²) in [6.07, 6.45) is 1.04. The topological polar surface area (TPSA) is 96.3 Å². The molecule has 0 aromatic carbocycles. The van der Waals surface area contributed by atoms with Gasteiger partial charge in [0.15, 0.2) is 0 Å². The van der Waals surface area contributed by atoms with Crippen molar-refractivity contribution in [1.29, 1.82) is 0 Å².